The Balaban J connectivity index is 2.28. The first-order valence-corrected chi connectivity index (χ1v) is 7.75. The van der Waals surface area contributed by atoms with Crippen LogP contribution in [0.25, 0.3) is 43.1 Å². The van der Waals surface area contributed by atoms with Gasteiger partial charge in [0, 0.05) is 0 Å². The molecule has 0 aliphatic carbocycles. The molecule has 0 N–H and O–H groups in total. The summed E-state index contributed by atoms with van der Waals surface area (Å²) in [7, 11) is 0. The summed E-state index contributed by atoms with van der Waals surface area (Å²) in [5.41, 5.74) is 1.34. The fraction of sp³-hybridized carbons (Fsp3) is 0.0455. The number of rotatable bonds is 1. The van der Waals surface area contributed by atoms with Gasteiger partial charge in [0.25, 0.3) is 0 Å². The summed E-state index contributed by atoms with van der Waals surface area (Å²) in [6.07, 6.45) is 0.818. The standard InChI is InChI=1S/C22H15/c1-2-14-12-13-16-8-4-10-18-17-9-3-6-15-7-5-11-19(20(15)17)21(14)22(16)18/h3-13H,1-2H2. The van der Waals surface area contributed by atoms with Gasteiger partial charge in [-0.3, -0.25) is 0 Å². The Morgan fingerprint density at radius 2 is 1.14 bits per heavy atom. The van der Waals surface area contributed by atoms with Crippen molar-refractivity contribution in [3.05, 3.63) is 79.2 Å². The SMILES string of the molecule is [CH2]Cc1ccc2cccc3c4cccc5cccc(c1c23)c54. The van der Waals surface area contributed by atoms with Gasteiger partial charge in [-0.25, -0.2) is 0 Å². The van der Waals surface area contributed by atoms with Gasteiger partial charge in [0.05, 0.1) is 0 Å². The van der Waals surface area contributed by atoms with Gasteiger partial charge in [-0.05, 0) is 62.0 Å². The summed E-state index contributed by atoms with van der Waals surface area (Å²) in [5, 5.41) is 10.8. The van der Waals surface area contributed by atoms with E-state index in [9.17, 15) is 0 Å². The molecule has 0 aromatic heterocycles. The normalized spacial score (nSPS) is 12.0. The molecule has 0 saturated carbocycles. The summed E-state index contributed by atoms with van der Waals surface area (Å²) in [6, 6.07) is 24.4. The van der Waals surface area contributed by atoms with Gasteiger partial charge in [0.2, 0.25) is 0 Å². The van der Waals surface area contributed by atoms with E-state index in [0.717, 1.165) is 6.42 Å². The van der Waals surface area contributed by atoms with Gasteiger partial charge in [-0.2, -0.15) is 0 Å². The molecule has 0 amide bonds. The van der Waals surface area contributed by atoms with Crippen LogP contribution < -0.4 is 0 Å². The van der Waals surface area contributed by atoms with Crippen molar-refractivity contribution in [2.45, 2.75) is 6.42 Å². The molecule has 0 bridgehead atoms. The Labute approximate surface area is 129 Å². The first kappa shape index (κ1) is 12.0. The Hall–Kier alpha value is -2.60. The van der Waals surface area contributed by atoms with Crippen LogP contribution in [0.2, 0.25) is 0 Å². The highest BCUT2D eigenvalue weighted by Crippen LogP contribution is 2.41. The summed E-state index contributed by atoms with van der Waals surface area (Å²) in [6.45, 7) is 4.15. The third kappa shape index (κ3) is 1.37. The van der Waals surface area contributed by atoms with E-state index in [0.29, 0.717) is 0 Å². The van der Waals surface area contributed by atoms with Crippen LogP contribution in [0.1, 0.15) is 5.56 Å². The van der Waals surface area contributed by atoms with Gasteiger partial charge in [-0.1, -0.05) is 66.7 Å². The Morgan fingerprint density at radius 3 is 1.82 bits per heavy atom. The molecule has 0 aliphatic rings. The fourth-order valence-corrected chi connectivity index (χ4v) is 3.94. The lowest BCUT2D eigenvalue weighted by atomic mass is 9.87. The maximum atomic E-state index is 4.15. The molecule has 0 spiro atoms. The lowest BCUT2D eigenvalue weighted by Gasteiger charge is -2.16. The molecular formula is C22H15. The van der Waals surface area contributed by atoms with E-state index in [-0.39, 0.29) is 0 Å². The second-order valence-corrected chi connectivity index (χ2v) is 5.96. The number of fused-ring (bicyclic) bond motifs is 2. The minimum absolute atomic E-state index is 0.818. The summed E-state index contributed by atoms with van der Waals surface area (Å²) in [4.78, 5) is 0. The topological polar surface area (TPSA) is 0 Å². The van der Waals surface area contributed by atoms with Crippen molar-refractivity contribution in [2.24, 2.45) is 0 Å². The molecule has 103 valence electrons. The van der Waals surface area contributed by atoms with E-state index in [4.69, 9.17) is 0 Å². The minimum Gasteiger partial charge on any atom is -0.0610 e. The van der Waals surface area contributed by atoms with Crippen molar-refractivity contribution >= 4 is 43.1 Å². The maximum Gasteiger partial charge on any atom is -0.00236 e. The third-order valence-electron chi connectivity index (χ3n) is 4.87. The second-order valence-electron chi connectivity index (χ2n) is 5.96. The average molecular weight is 279 g/mol. The van der Waals surface area contributed by atoms with E-state index < -0.39 is 0 Å². The minimum atomic E-state index is 0.818. The van der Waals surface area contributed by atoms with Gasteiger partial charge in [0.1, 0.15) is 0 Å². The van der Waals surface area contributed by atoms with Gasteiger partial charge >= 0.3 is 0 Å². The van der Waals surface area contributed by atoms with Crippen LogP contribution in [-0.2, 0) is 6.42 Å². The van der Waals surface area contributed by atoms with Crippen LogP contribution in [0.5, 0.6) is 0 Å². The molecule has 0 fully saturated rings. The van der Waals surface area contributed by atoms with E-state index in [1.165, 1.54) is 48.7 Å². The van der Waals surface area contributed by atoms with Crippen molar-refractivity contribution in [1.82, 2.24) is 0 Å². The van der Waals surface area contributed by atoms with Gasteiger partial charge in [0.15, 0.2) is 0 Å². The molecule has 0 heteroatoms. The first-order valence-electron chi connectivity index (χ1n) is 7.75. The van der Waals surface area contributed by atoms with Crippen LogP contribution in [0.4, 0.5) is 0 Å². The fourth-order valence-electron chi connectivity index (χ4n) is 3.94. The second kappa shape index (κ2) is 4.20. The summed E-state index contributed by atoms with van der Waals surface area (Å²) in [5.74, 6) is 0. The van der Waals surface area contributed by atoms with Crippen LogP contribution in [0.15, 0.2) is 66.7 Å². The highest BCUT2D eigenvalue weighted by atomic mass is 14.2. The van der Waals surface area contributed by atoms with Crippen molar-refractivity contribution in [3.8, 4) is 0 Å². The molecular weight excluding hydrogens is 264 g/mol. The zero-order valence-electron chi connectivity index (χ0n) is 12.3. The van der Waals surface area contributed by atoms with E-state index in [2.05, 4.69) is 73.7 Å². The molecule has 1 radical (unpaired) electrons. The number of benzene rings is 5. The summed E-state index contributed by atoms with van der Waals surface area (Å²) >= 11 is 0. The molecule has 0 unspecified atom stereocenters. The molecule has 0 heterocycles. The molecule has 0 aliphatic heterocycles. The number of hydrogen-bond acceptors (Lipinski definition) is 0. The van der Waals surface area contributed by atoms with Crippen LogP contribution in [-0.4, -0.2) is 0 Å². The smallest absolute Gasteiger partial charge is 0.00236 e. The zero-order chi connectivity index (χ0) is 14.7. The van der Waals surface area contributed by atoms with E-state index in [1.807, 2.05) is 0 Å². The molecule has 0 nitrogen and oxygen atoms in total. The van der Waals surface area contributed by atoms with Crippen molar-refractivity contribution < 1.29 is 0 Å². The lowest BCUT2D eigenvalue weighted by molar-refractivity contribution is 1.31. The quantitative estimate of drug-likeness (QED) is 0.256. The number of hydrogen-bond donors (Lipinski definition) is 0. The third-order valence-corrected chi connectivity index (χ3v) is 4.87. The van der Waals surface area contributed by atoms with Crippen LogP contribution in [0, 0.1) is 6.92 Å². The first-order chi connectivity index (χ1) is 10.9. The van der Waals surface area contributed by atoms with E-state index in [1.54, 1.807) is 0 Å². The van der Waals surface area contributed by atoms with Gasteiger partial charge < -0.3 is 0 Å². The van der Waals surface area contributed by atoms with Gasteiger partial charge in [-0.15, -0.1) is 0 Å². The predicted molar refractivity (Wildman–Crippen MR) is 96.7 cm³/mol. The Bertz CT molecular complexity index is 1140. The zero-order valence-corrected chi connectivity index (χ0v) is 12.3. The Kier molecular flexibility index (Phi) is 2.29. The molecule has 5 rings (SSSR count). The molecule has 5 aromatic carbocycles. The molecule has 0 atom stereocenters. The van der Waals surface area contributed by atoms with Crippen molar-refractivity contribution in [1.29, 1.82) is 0 Å². The molecule has 0 saturated heterocycles. The average Bonchev–Trinajstić information content (AvgIpc) is 2.59. The lowest BCUT2D eigenvalue weighted by Crippen LogP contribution is -1.90. The highest BCUT2D eigenvalue weighted by molar-refractivity contribution is 6.33. The predicted octanol–water partition coefficient (Wildman–Crippen LogP) is 6.11. The highest BCUT2D eigenvalue weighted by Gasteiger charge is 2.14. The monoisotopic (exact) mass is 279 g/mol. The van der Waals surface area contributed by atoms with E-state index >= 15 is 0 Å². The molecule has 22 heavy (non-hydrogen) atoms. The van der Waals surface area contributed by atoms with Crippen LogP contribution >= 0.6 is 0 Å². The van der Waals surface area contributed by atoms with Crippen molar-refractivity contribution in [3.63, 3.8) is 0 Å². The largest absolute Gasteiger partial charge is 0.0610 e. The van der Waals surface area contributed by atoms with Crippen LogP contribution in [0.3, 0.4) is 0 Å². The summed E-state index contributed by atoms with van der Waals surface area (Å²) < 4.78 is 0. The van der Waals surface area contributed by atoms with Crippen molar-refractivity contribution in [2.75, 3.05) is 0 Å². The molecule has 5 aromatic rings. The maximum absolute atomic E-state index is 4.15. The Morgan fingerprint density at radius 1 is 0.545 bits per heavy atom.